The molecule has 1 N–H and O–H groups in total. The van der Waals surface area contributed by atoms with Gasteiger partial charge in [-0.05, 0) is 25.5 Å². The van der Waals surface area contributed by atoms with Crippen molar-refractivity contribution in [1.82, 2.24) is 0 Å². The SMILES string of the molecule is CC.CCOC(=N)c1ccccc1C. The van der Waals surface area contributed by atoms with Gasteiger partial charge in [0.05, 0.1) is 6.61 Å². The van der Waals surface area contributed by atoms with Crippen molar-refractivity contribution in [3.8, 4) is 0 Å². The van der Waals surface area contributed by atoms with Gasteiger partial charge in [0.2, 0.25) is 5.90 Å². The molecule has 2 heteroatoms. The van der Waals surface area contributed by atoms with Gasteiger partial charge in [-0.1, -0.05) is 32.0 Å². The lowest BCUT2D eigenvalue weighted by Gasteiger charge is -2.06. The smallest absolute Gasteiger partial charge is 0.213 e. The summed E-state index contributed by atoms with van der Waals surface area (Å²) >= 11 is 0. The van der Waals surface area contributed by atoms with Crippen molar-refractivity contribution in [2.24, 2.45) is 0 Å². The Labute approximate surface area is 86.4 Å². The highest BCUT2D eigenvalue weighted by Gasteiger charge is 2.03. The highest BCUT2D eigenvalue weighted by atomic mass is 16.5. The van der Waals surface area contributed by atoms with E-state index in [1.807, 2.05) is 52.0 Å². The van der Waals surface area contributed by atoms with Gasteiger partial charge in [0.1, 0.15) is 0 Å². The van der Waals surface area contributed by atoms with Crippen molar-refractivity contribution in [2.45, 2.75) is 27.7 Å². The molecule has 0 bridgehead atoms. The Morgan fingerprint density at radius 2 is 1.86 bits per heavy atom. The van der Waals surface area contributed by atoms with Crippen LogP contribution in [0.1, 0.15) is 31.9 Å². The van der Waals surface area contributed by atoms with Crippen molar-refractivity contribution in [1.29, 1.82) is 5.41 Å². The van der Waals surface area contributed by atoms with E-state index in [9.17, 15) is 0 Å². The van der Waals surface area contributed by atoms with Gasteiger partial charge in [-0.15, -0.1) is 0 Å². The van der Waals surface area contributed by atoms with Gasteiger partial charge in [0.15, 0.2) is 0 Å². The topological polar surface area (TPSA) is 33.1 Å². The number of nitrogens with one attached hydrogen (secondary N) is 1. The summed E-state index contributed by atoms with van der Waals surface area (Å²) < 4.78 is 5.09. The average molecular weight is 193 g/mol. The Hall–Kier alpha value is -1.31. The monoisotopic (exact) mass is 193 g/mol. The number of hydrogen-bond acceptors (Lipinski definition) is 2. The van der Waals surface area contributed by atoms with Gasteiger partial charge in [-0.25, -0.2) is 0 Å². The van der Waals surface area contributed by atoms with Crippen LogP contribution in [0.2, 0.25) is 0 Å². The second kappa shape index (κ2) is 7.13. The third-order valence-electron chi connectivity index (χ3n) is 1.68. The normalized spacial score (nSPS) is 8.57. The molecule has 1 aromatic rings. The van der Waals surface area contributed by atoms with Crippen LogP contribution >= 0.6 is 0 Å². The highest BCUT2D eigenvalue weighted by molar-refractivity contribution is 5.92. The molecular formula is C12H19NO. The van der Waals surface area contributed by atoms with Gasteiger partial charge < -0.3 is 4.74 Å². The molecule has 14 heavy (non-hydrogen) atoms. The molecule has 0 saturated heterocycles. The second-order valence-electron chi connectivity index (χ2n) is 2.58. The Bertz CT molecular complexity index is 281. The second-order valence-corrected chi connectivity index (χ2v) is 2.58. The molecule has 0 saturated carbocycles. The van der Waals surface area contributed by atoms with Crippen molar-refractivity contribution in [3.05, 3.63) is 35.4 Å². The Balaban J connectivity index is 0.000000791. The van der Waals surface area contributed by atoms with Crippen LogP contribution < -0.4 is 0 Å². The third kappa shape index (κ3) is 3.60. The van der Waals surface area contributed by atoms with Crippen LogP contribution in [0.4, 0.5) is 0 Å². The maximum absolute atomic E-state index is 7.55. The predicted octanol–water partition coefficient (Wildman–Crippen LogP) is 3.38. The maximum Gasteiger partial charge on any atom is 0.213 e. The minimum atomic E-state index is 0.260. The van der Waals surface area contributed by atoms with E-state index in [2.05, 4.69) is 0 Å². The van der Waals surface area contributed by atoms with E-state index >= 15 is 0 Å². The van der Waals surface area contributed by atoms with E-state index in [0.29, 0.717) is 6.61 Å². The standard InChI is InChI=1S/C10H13NO.C2H6/c1-3-12-10(11)9-7-5-4-6-8(9)2;1-2/h4-7,11H,3H2,1-2H3;1-2H3. The minimum absolute atomic E-state index is 0.260. The molecule has 0 radical (unpaired) electrons. The molecule has 78 valence electrons. The Morgan fingerprint density at radius 1 is 1.29 bits per heavy atom. The summed E-state index contributed by atoms with van der Waals surface area (Å²) in [5.74, 6) is 0.260. The van der Waals surface area contributed by atoms with Gasteiger partial charge in [0.25, 0.3) is 0 Å². The van der Waals surface area contributed by atoms with E-state index < -0.39 is 0 Å². The first-order valence-electron chi connectivity index (χ1n) is 5.03. The van der Waals surface area contributed by atoms with Crippen LogP contribution in [0.5, 0.6) is 0 Å². The van der Waals surface area contributed by atoms with Crippen molar-refractivity contribution in [2.75, 3.05) is 6.61 Å². The maximum atomic E-state index is 7.55. The zero-order valence-corrected chi connectivity index (χ0v) is 9.42. The molecule has 0 spiro atoms. The number of rotatable bonds is 2. The molecule has 0 heterocycles. The fourth-order valence-corrected chi connectivity index (χ4v) is 1.05. The molecule has 0 aliphatic carbocycles. The van der Waals surface area contributed by atoms with Crippen LogP contribution in [0.15, 0.2) is 24.3 Å². The summed E-state index contributed by atoms with van der Waals surface area (Å²) in [5.41, 5.74) is 1.95. The fourth-order valence-electron chi connectivity index (χ4n) is 1.05. The molecule has 0 amide bonds. The van der Waals surface area contributed by atoms with Crippen LogP contribution in [0.3, 0.4) is 0 Å². The zero-order chi connectivity index (χ0) is 11.0. The van der Waals surface area contributed by atoms with Crippen LogP contribution in [0, 0.1) is 12.3 Å². The lowest BCUT2D eigenvalue weighted by molar-refractivity contribution is 0.325. The summed E-state index contributed by atoms with van der Waals surface area (Å²) in [6.45, 7) is 8.41. The predicted molar refractivity (Wildman–Crippen MR) is 61.0 cm³/mol. The highest BCUT2D eigenvalue weighted by Crippen LogP contribution is 2.07. The quantitative estimate of drug-likeness (QED) is 0.567. The van der Waals surface area contributed by atoms with Crippen molar-refractivity contribution >= 4 is 5.90 Å². The van der Waals surface area contributed by atoms with Gasteiger partial charge in [-0.2, -0.15) is 0 Å². The van der Waals surface area contributed by atoms with E-state index in [1.165, 1.54) is 0 Å². The molecule has 0 atom stereocenters. The molecule has 1 aromatic carbocycles. The third-order valence-corrected chi connectivity index (χ3v) is 1.68. The lowest BCUT2D eigenvalue weighted by atomic mass is 10.1. The van der Waals surface area contributed by atoms with E-state index in [0.717, 1.165) is 11.1 Å². The molecule has 1 rings (SSSR count). The molecule has 0 aromatic heterocycles. The lowest BCUT2D eigenvalue weighted by Crippen LogP contribution is -2.06. The van der Waals surface area contributed by atoms with E-state index in [-0.39, 0.29) is 5.90 Å². The molecule has 0 aliphatic heterocycles. The summed E-state index contributed by atoms with van der Waals surface area (Å²) in [4.78, 5) is 0. The van der Waals surface area contributed by atoms with E-state index in [4.69, 9.17) is 10.1 Å². The van der Waals surface area contributed by atoms with Gasteiger partial charge in [-0.3, -0.25) is 5.41 Å². The molecule has 0 aliphatic rings. The molecule has 0 unspecified atom stereocenters. The van der Waals surface area contributed by atoms with Crippen LogP contribution in [-0.4, -0.2) is 12.5 Å². The van der Waals surface area contributed by atoms with Crippen LogP contribution in [-0.2, 0) is 4.74 Å². The average Bonchev–Trinajstić information content (AvgIpc) is 2.22. The number of ether oxygens (including phenoxy) is 1. The zero-order valence-electron chi connectivity index (χ0n) is 9.42. The summed E-state index contributed by atoms with van der Waals surface area (Å²) in [6, 6.07) is 7.74. The molecule has 2 nitrogen and oxygen atoms in total. The Kier molecular flexibility index (Phi) is 6.46. The number of hydrogen-bond donors (Lipinski definition) is 1. The van der Waals surface area contributed by atoms with E-state index in [1.54, 1.807) is 0 Å². The van der Waals surface area contributed by atoms with Crippen molar-refractivity contribution in [3.63, 3.8) is 0 Å². The fraction of sp³-hybridized carbons (Fsp3) is 0.417. The largest absolute Gasteiger partial charge is 0.478 e. The molecule has 0 fully saturated rings. The Morgan fingerprint density at radius 3 is 2.36 bits per heavy atom. The number of benzene rings is 1. The first-order valence-corrected chi connectivity index (χ1v) is 5.03. The summed E-state index contributed by atoms with van der Waals surface area (Å²) in [7, 11) is 0. The van der Waals surface area contributed by atoms with Crippen molar-refractivity contribution < 1.29 is 4.74 Å². The minimum Gasteiger partial charge on any atom is -0.478 e. The molecular weight excluding hydrogens is 174 g/mol. The summed E-state index contributed by atoms with van der Waals surface area (Å²) in [6.07, 6.45) is 0. The summed E-state index contributed by atoms with van der Waals surface area (Å²) in [5, 5.41) is 7.55. The number of aryl methyl sites for hydroxylation is 1. The van der Waals surface area contributed by atoms with Gasteiger partial charge >= 0.3 is 0 Å². The van der Waals surface area contributed by atoms with Gasteiger partial charge in [0, 0.05) is 5.56 Å². The van der Waals surface area contributed by atoms with Crippen LogP contribution in [0.25, 0.3) is 0 Å². The first kappa shape index (κ1) is 12.7. The first-order chi connectivity index (χ1) is 6.75.